The van der Waals surface area contributed by atoms with Crippen LogP contribution in [0.15, 0.2) is 211 Å². The maximum Gasteiger partial charge on any atom is 0.143 e. The van der Waals surface area contributed by atoms with E-state index in [2.05, 4.69) is 206 Å². The number of hydrogen-bond acceptors (Lipinski definition) is 1. The topological polar surface area (TPSA) is 13.1 Å². The van der Waals surface area contributed by atoms with Gasteiger partial charge >= 0.3 is 0 Å². The van der Waals surface area contributed by atoms with E-state index in [1.54, 1.807) is 0 Å². The SMILES string of the molecule is c1cc2ccc3ccc(-c4ccc(-c5ccc6cc(-c7ccc(-c8ccc9ccc%10cccc%11ccc8c9c%10%11)cc7)c7oc8ccccc8c7c6c5)cc4)c4ccc(c1)c2c34. The molecule has 1 aromatic heterocycles. The van der Waals surface area contributed by atoms with Crippen LogP contribution in [0.1, 0.15) is 0 Å². The Morgan fingerprint density at radius 1 is 0.230 bits per heavy atom. The third-order valence-corrected chi connectivity index (χ3v) is 13.6. The second kappa shape index (κ2) is 12.3. The van der Waals surface area contributed by atoms with E-state index in [0.717, 1.165) is 33.1 Å². The zero-order valence-corrected chi connectivity index (χ0v) is 33.0. The lowest BCUT2D eigenvalue weighted by atomic mass is 9.89. The standard InChI is InChI=1S/C60H34O/c1-2-10-54-51(9-1)59-52-33-45(35-11-13-36(14-12-35)47-29-25-43-21-19-39-5-3-7-41-27-31-49(47)57(43)55(39)41)23-24-46(52)34-53(60(59)61-54)38-17-15-37(16-18-38)48-30-26-44-22-20-40-6-4-8-42-28-32-50(48)58(44)56(40)42/h1-34H. The first-order valence-electron chi connectivity index (χ1n) is 21.1. The molecule has 0 aliphatic carbocycles. The molecule has 0 amide bonds. The lowest BCUT2D eigenvalue weighted by molar-refractivity contribution is 0.670. The fraction of sp³-hybridized carbons (Fsp3) is 0. The largest absolute Gasteiger partial charge is 0.455 e. The first-order chi connectivity index (χ1) is 30.2. The van der Waals surface area contributed by atoms with Crippen LogP contribution in [0, 0.1) is 0 Å². The van der Waals surface area contributed by atoms with E-state index in [0.29, 0.717) is 0 Å². The Morgan fingerprint density at radius 3 is 1.25 bits per heavy atom. The van der Waals surface area contributed by atoms with Crippen LogP contribution in [-0.2, 0) is 0 Å². The highest BCUT2D eigenvalue weighted by Gasteiger charge is 2.19. The highest BCUT2D eigenvalue weighted by molar-refractivity contribution is 6.27. The Balaban J connectivity index is 0.869. The molecule has 0 spiro atoms. The molecule has 0 N–H and O–H groups in total. The van der Waals surface area contributed by atoms with E-state index < -0.39 is 0 Å². The maximum absolute atomic E-state index is 6.77. The molecular formula is C60H34O. The normalized spacial score (nSPS) is 12.3. The van der Waals surface area contributed by atoms with Crippen LogP contribution >= 0.6 is 0 Å². The molecule has 0 saturated carbocycles. The number of fused-ring (bicyclic) bond motifs is 5. The minimum absolute atomic E-state index is 0.902. The van der Waals surface area contributed by atoms with Crippen molar-refractivity contribution in [3.8, 4) is 44.5 Å². The summed E-state index contributed by atoms with van der Waals surface area (Å²) in [6, 6.07) is 76.3. The second-order valence-electron chi connectivity index (χ2n) is 16.8. The number of rotatable bonds is 4. The minimum atomic E-state index is 0.902. The van der Waals surface area contributed by atoms with Crippen molar-refractivity contribution in [1.82, 2.24) is 0 Å². The molecule has 14 rings (SSSR count). The summed E-state index contributed by atoms with van der Waals surface area (Å²) in [5.41, 5.74) is 11.4. The number of benzene rings is 13. The third kappa shape index (κ3) is 4.72. The second-order valence-corrected chi connectivity index (χ2v) is 16.8. The first kappa shape index (κ1) is 32.9. The molecule has 61 heavy (non-hydrogen) atoms. The van der Waals surface area contributed by atoms with E-state index in [4.69, 9.17) is 4.42 Å². The Hall–Kier alpha value is -8.00. The highest BCUT2D eigenvalue weighted by atomic mass is 16.3. The number of para-hydroxylation sites is 1. The van der Waals surface area contributed by atoms with Crippen molar-refractivity contribution in [1.29, 1.82) is 0 Å². The maximum atomic E-state index is 6.77. The van der Waals surface area contributed by atoms with Gasteiger partial charge in [-0.2, -0.15) is 0 Å². The molecule has 0 aliphatic heterocycles. The molecule has 0 fully saturated rings. The quantitative estimate of drug-likeness (QED) is 0.162. The monoisotopic (exact) mass is 770 g/mol. The summed E-state index contributed by atoms with van der Waals surface area (Å²) in [5, 5.41) is 20.4. The molecule has 1 nitrogen and oxygen atoms in total. The Morgan fingerprint density at radius 2 is 0.672 bits per heavy atom. The van der Waals surface area contributed by atoms with Crippen LogP contribution < -0.4 is 0 Å². The summed E-state index contributed by atoms with van der Waals surface area (Å²) in [4.78, 5) is 0. The fourth-order valence-electron chi connectivity index (χ4n) is 10.7. The zero-order chi connectivity index (χ0) is 39.8. The predicted molar refractivity (Wildman–Crippen MR) is 260 cm³/mol. The van der Waals surface area contributed by atoms with Crippen molar-refractivity contribution in [3.63, 3.8) is 0 Å². The van der Waals surface area contributed by atoms with Gasteiger partial charge in [0.2, 0.25) is 0 Å². The molecular weight excluding hydrogens is 737 g/mol. The minimum Gasteiger partial charge on any atom is -0.455 e. The van der Waals surface area contributed by atoms with Gasteiger partial charge in [0.15, 0.2) is 0 Å². The lowest BCUT2D eigenvalue weighted by Gasteiger charge is -2.15. The van der Waals surface area contributed by atoms with Crippen LogP contribution in [0.2, 0.25) is 0 Å². The average molecular weight is 771 g/mol. The van der Waals surface area contributed by atoms with Crippen molar-refractivity contribution >= 4 is 97.3 Å². The van der Waals surface area contributed by atoms with Crippen molar-refractivity contribution in [3.05, 3.63) is 206 Å². The van der Waals surface area contributed by atoms with E-state index in [1.165, 1.54) is 109 Å². The molecule has 0 aliphatic rings. The van der Waals surface area contributed by atoms with E-state index >= 15 is 0 Å². The van der Waals surface area contributed by atoms with Gasteiger partial charge in [0, 0.05) is 16.3 Å². The summed E-state index contributed by atoms with van der Waals surface area (Å²) in [6.45, 7) is 0. The fourth-order valence-corrected chi connectivity index (χ4v) is 10.7. The molecule has 13 aromatic carbocycles. The molecule has 0 saturated heterocycles. The highest BCUT2D eigenvalue weighted by Crippen LogP contribution is 2.45. The summed E-state index contributed by atoms with van der Waals surface area (Å²) in [5.74, 6) is 0. The predicted octanol–water partition coefficient (Wildman–Crippen LogP) is 17.2. The average Bonchev–Trinajstić information content (AvgIpc) is 3.72. The van der Waals surface area contributed by atoms with Gasteiger partial charge in [-0.15, -0.1) is 0 Å². The van der Waals surface area contributed by atoms with Gasteiger partial charge in [0.05, 0.1) is 0 Å². The molecule has 0 radical (unpaired) electrons. The van der Waals surface area contributed by atoms with Crippen LogP contribution in [0.25, 0.3) is 142 Å². The van der Waals surface area contributed by atoms with Gasteiger partial charge in [-0.3, -0.25) is 0 Å². The Kier molecular flexibility index (Phi) is 6.62. The van der Waals surface area contributed by atoms with Crippen molar-refractivity contribution in [2.45, 2.75) is 0 Å². The molecule has 1 heterocycles. The van der Waals surface area contributed by atoms with Gasteiger partial charge in [-0.25, -0.2) is 0 Å². The van der Waals surface area contributed by atoms with E-state index in [9.17, 15) is 0 Å². The van der Waals surface area contributed by atoms with Gasteiger partial charge in [-0.1, -0.05) is 188 Å². The Labute approximate surface area is 351 Å². The molecule has 0 bridgehead atoms. The summed E-state index contributed by atoms with van der Waals surface area (Å²) >= 11 is 0. The van der Waals surface area contributed by atoms with Crippen molar-refractivity contribution < 1.29 is 4.42 Å². The molecule has 280 valence electrons. The third-order valence-electron chi connectivity index (χ3n) is 13.6. The lowest BCUT2D eigenvalue weighted by Crippen LogP contribution is -1.88. The molecule has 0 atom stereocenters. The van der Waals surface area contributed by atoms with Gasteiger partial charge < -0.3 is 4.42 Å². The Bertz CT molecular complexity index is 4040. The molecule has 1 heteroatoms. The summed E-state index contributed by atoms with van der Waals surface area (Å²) in [7, 11) is 0. The number of hydrogen-bond donors (Lipinski definition) is 0. The van der Waals surface area contributed by atoms with Gasteiger partial charge in [-0.05, 0) is 133 Å². The summed E-state index contributed by atoms with van der Waals surface area (Å²) < 4.78 is 6.77. The van der Waals surface area contributed by atoms with Crippen LogP contribution in [0.4, 0.5) is 0 Å². The zero-order valence-electron chi connectivity index (χ0n) is 33.0. The van der Waals surface area contributed by atoms with Crippen LogP contribution in [0.5, 0.6) is 0 Å². The van der Waals surface area contributed by atoms with Crippen molar-refractivity contribution in [2.75, 3.05) is 0 Å². The summed E-state index contributed by atoms with van der Waals surface area (Å²) in [6.07, 6.45) is 0. The van der Waals surface area contributed by atoms with Crippen molar-refractivity contribution in [2.24, 2.45) is 0 Å². The molecule has 0 unspecified atom stereocenters. The van der Waals surface area contributed by atoms with Crippen LogP contribution in [-0.4, -0.2) is 0 Å². The first-order valence-corrected chi connectivity index (χ1v) is 21.1. The number of furan rings is 1. The molecule has 14 aromatic rings. The van der Waals surface area contributed by atoms with E-state index in [-0.39, 0.29) is 0 Å². The smallest absolute Gasteiger partial charge is 0.143 e. The van der Waals surface area contributed by atoms with Gasteiger partial charge in [0.25, 0.3) is 0 Å². The van der Waals surface area contributed by atoms with E-state index in [1.807, 2.05) is 0 Å². The van der Waals surface area contributed by atoms with Crippen LogP contribution in [0.3, 0.4) is 0 Å². The van der Waals surface area contributed by atoms with Gasteiger partial charge in [0.1, 0.15) is 11.2 Å².